The van der Waals surface area contributed by atoms with Crippen LogP contribution in [0.5, 0.6) is 0 Å². The van der Waals surface area contributed by atoms with Crippen molar-refractivity contribution in [2.45, 2.75) is 23.8 Å². The standard InChI is InChI=1S/C13H14FNO3S/c1-18-13(16)10-6-19(17)11-5-7-4-8(14)2-3-9(7)12(11)15-10/h2-4,10-12,15H,5-6H2,1H3. The zero-order valence-electron chi connectivity index (χ0n) is 10.4. The Hall–Kier alpha value is -1.27. The molecule has 4 unspecified atom stereocenters. The highest BCUT2D eigenvalue weighted by Gasteiger charge is 2.43. The fourth-order valence-electron chi connectivity index (χ4n) is 2.86. The lowest BCUT2D eigenvalue weighted by Gasteiger charge is -2.31. The molecule has 0 bridgehead atoms. The average Bonchev–Trinajstić information content (AvgIpc) is 2.76. The molecule has 6 heteroatoms. The van der Waals surface area contributed by atoms with E-state index in [2.05, 4.69) is 5.32 Å². The monoisotopic (exact) mass is 283 g/mol. The summed E-state index contributed by atoms with van der Waals surface area (Å²) in [4.78, 5) is 11.6. The van der Waals surface area contributed by atoms with Crippen molar-refractivity contribution in [2.24, 2.45) is 0 Å². The van der Waals surface area contributed by atoms with Crippen LogP contribution in [0.2, 0.25) is 0 Å². The van der Waals surface area contributed by atoms with Crippen molar-refractivity contribution in [1.29, 1.82) is 0 Å². The van der Waals surface area contributed by atoms with Crippen LogP contribution in [0.4, 0.5) is 4.39 Å². The van der Waals surface area contributed by atoms with E-state index in [-0.39, 0.29) is 22.9 Å². The fraction of sp³-hybridized carbons (Fsp3) is 0.462. The number of fused-ring (bicyclic) bond motifs is 3. The van der Waals surface area contributed by atoms with Gasteiger partial charge in [0.2, 0.25) is 0 Å². The molecule has 2 aliphatic rings. The smallest absolute Gasteiger partial charge is 0.323 e. The van der Waals surface area contributed by atoms with Crippen LogP contribution in [0, 0.1) is 5.82 Å². The van der Waals surface area contributed by atoms with Crippen LogP contribution in [0.15, 0.2) is 18.2 Å². The number of carbonyl (C=O) groups excluding carboxylic acids is 1. The normalized spacial score (nSPS) is 32.5. The summed E-state index contributed by atoms with van der Waals surface area (Å²) >= 11 is 0. The van der Waals surface area contributed by atoms with E-state index >= 15 is 0 Å². The molecular weight excluding hydrogens is 269 g/mol. The van der Waals surface area contributed by atoms with Gasteiger partial charge in [-0.2, -0.15) is 0 Å². The Bertz CT molecular complexity index is 563. The lowest BCUT2D eigenvalue weighted by molar-refractivity contribution is -0.142. The molecule has 1 heterocycles. The molecule has 1 aliphatic heterocycles. The summed E-state index contributed by atoms with van der Waals surface area (Å²) in [6, 6.07) is 3.88. The minimum Gasteiger partial charge on any atom is -0.468 e. The van der Waals surface area contributed by atoms with Gasteiger partial charge in [-0.1, -0.05) is 6.07 Å². The van der Waals surface area contributed by atoms with Crippen molar-refractivity contribution >= 4 is 16.8 Å². The van der Waals surface area contributed by atoms with Gasteiger partial charge in [-0.15, -0.1) is 0 Å². The minimum atomic E-state index is -1.12. The second-order valence-electron chi connectivity index (χ2n) is 4.85. The van der Waals surface area contributed by atoms with Gasteiger partial charge in [0.15, 0.2) is 0 Å². The molecule has 4 nitrogen and oxygen atoms in total. The van der Waals surface area contributed by atoms with E-state index < -0.39 is 22.8 Å². The number of rotatable bonds is 1. The Morgan fingerprint density at radius 1 is 1.53 bits per heavy atom. The zero-order valence-corrected chi connectivity index (χ0v) is 11.2. The molecule has 19 heavy (non-hydrogen) atoms. The molecule has 0 aromatic heterocycles. The highest BCUT2D eigenvalue weighted by Crippen LogP contribution is 2.37. The summed E-state index contributed by atoms with van der Waals surface area (Å²) in [5.41, 5.74) is 1.81. The van der Waals surface area contributed by atoms with Gasteiger partial charge in [0.1, 0.15) is 11.9 Å². The Morgan fingerprint density at radius 3 is 3.05 bits per heavy atom. The van der Waals surface area contributed by atoms with Gasteiger partial charge in [0.25, 0.3) is 0 Å². The quantitative estimate of drug-likeness (QED) is 0.770. The summed E-state index contributed by atoms with van der Waals surface area (Å²) in [6.07, 6.45) is 0.589. The topological polar surface area (TPSA) is 55.4 Å². The van der Waals surface area contributed by atoms with E-state index in [0.29, 0.717) is 6.42 Å². The maximum atomic E-state index is 13.2. The van der Waals surface area contributed by atoms with E-state index in [9.17, 15) is 13.4 Å². The molecule has 1 saturated heterocycles. The number of benzene rings is 1. The number of carbonyl (C=O) groups is 1. The predicted octanol–water partition coefficient (Wildman–Crippen LogP) is 0.685. The Morgan fingerprint density at radius 2 is 2.32 bits per heavy atom. The van der Waals surface area contributed by atoms with E-state index in [4.69, 9.17) is 4.74 Å². The third kappa shape index (κ3) is 2.08. The largest absolute Gasteiger partial charge is 0.468 e. The third-order valence-electron chi connectivity index (χ3n) is 3.77. The van der Waals surface area contributed by atoms with Crippen LogP contribution in [0.1, 0.15) is 17.2 Å². The van der Waals surface area contributed by atoms with Gasteiger partial charge in [-0.25, -0.2) is 4.39 Å². The van der Waals surface area contributed by atoms with Crippen LogP contribution in [-0.4, -0.2) is 34.3 Å². The molecule has 1 aromatic carbocycles. The van der Waals surface area contributed by atoms with Crippen LogP contribution >= 0.6 is 0 Å². The minimum absolute atomic E-state index is 0.0855. The first-order valence-electron chi connectivity index (χ1n) is 6.09. The molecule has 0 amide bonds. The SMILES string of the molecule is COC(=O)C1CS(=O)C2Cc3cc(F)ccc3C2N1. The van der Waals surface area contributed by atoms with Crippen LogP contribution in [0.25, 0.3) is 0 Å². The van der Waals surface area contributed by atoms with Gasteiger partial charge in [0.05, 0.1) is 18.1 Å². The number of methoxy groups -OCH3 is 1. The Labute approximate surface area is 112 Å². The molecule has 3 rings (SSSR count). The molecule has 0 saturated carbocycles. The first-order chi connectivity index (χ1) is 9.10. The molecule has 1 fully saturated rings. The molecule has 102 valence electrons. The molecule has 1 aliphatic carbocycles. The van der Waals surface area contributed by atoms with Gasteiger partial charge in [-0.3, -0.25) is 14.3 Å². The van der Waals surface area contributed by atoms with Crippen LogP contribution in [0.3, 0.4) is 0 Å². The number of ether oxygens (including phenoxy) is 1. The molecular formula is C13H14FNO3S. The predicted molar refractivity (Wildman–Crippen MR) is 68.6 cm³/mol. The van der Waals surface area contributed by atoms with Crippen LogP contribution < -0.4 is 5.32 Å². The number of hydrogen-bond acceptors (Lipinski definition) is 4. The number of nitrogens with one attached hydrogen (secondary N) is 1. The summed E-state index contributed by atoms with van der Waals surface area (Å²) in [5.74, 6) is -0.431. The van der Waals surface area contributed by atoms with Crippen molar-refractivity contribution in [3.8, 4) is 0 Å². The molecule has 0 radical (unpaired) electrons. The van der Waals surface area contributed by atoms with E-state index in [1.54, 1.807) is 6.07 Å². The molecule has 1 aromatic rings. The number of hydrogen-bond donors (Lipinski definition) is 1. The van der Waals surface area contributed by atoms with Crippen molar-refractivity contribution in [3.63, 3.8) is 0 Å². The van der Waals surface area contributed by atoms with E-state index in [0.717, 1.165) is 11.1 Å². The zero-order chi connectivity index (χ0) is 13.6. The van der Waals surface area contributed by atoms with Crippen molar-refractivity contribution in [3.05, 3.63) is 35.1 Å². The molecule has 0 spiro atoms. The van der Waals surface area contributed by atoms with Gasteiger partial charge in [0, 0.05) is 16.8 Å². The second kappa shape index (κ2) is 4.68. The molecule has 4 atom stereocenters. The molecule has 1 N–H and O–H groups in total. The summed E-state index contributed by atoms with van der Waals surface area (Å²) < 4.78 is 30.2. The average molecular weight is 283 g/mol. The lowest BCUT2D eigenvalue weighted by atomic mass is 10.1. The van der Waals surface area contributed by atoms with Gasteiger partial charge >= 0.3 is 5.97 Å². The van der Waals surface area contributed by atoms with Gasteiger partial charge in [-0.05, 0) is 29.7 Å². The first kappa shape index (κ1) is 12.7. The van der Waals surface area contributed by atoms with E-state index in [1.807, 2.05) is 0 Å². The van der Waals surface area contributed by atoms with Crippen molar-refractivity contribution in [2.75, 3.05) is 12.9 Å². The van der Waals surface area contributed by atoms with Crippen LogP contribution in [-0.2, 0) is 26.8 Å². The second-order valence-corrected chi connectivity index (χ2v) is 6.55. The maximum Gasteiger partial charge on any atom is 0.323 e. The Kier molecular flexibility index (Phi) is 3.14. The van der Waals surface area contributed by atoms with Gasteiger partial charge < -0.3 is 4.74 Å². The number of halogens is 1. The Balaban J connectivity index is 1.93. The summed E-state index contributed by atoms with van der Waals surface area (Å²) in [7, 11) is 0.200. The fourth-order valence-corrected chi connectivity index (χ4v) is 4.56. The van der Waals surface area contributed by atoms with Crippen molar-refractivity contribution < 1.29 is 18.1 Å². The van der Waals surface area contributed by atoms with E-state index in [1.165, 1.54) is 19.2 Å². The lowest BCUT2D eigenvalue weighted by Crippen LogP contribution is -2.52. The van der Waals surface area contributed by atoms with Crippen molar-refractivity contribution in [1.82, 2.24) is 5.32 Å². The summed E-state index contributed by atoms with van der Waals surface area (Å²) in [5, 5.41) is 3.10. The maximum absolute atomic E-state index is 13.2. The summed E-state index contributed by atoms with van der Waals surface area (Å²) in [6.45, 7) is 0. The highest BCUT2D eigenvalue weighted by atomic mass is 32.2. The first-order valence-corrected chi connectivity index (χ1v) is 7.47. The third-order valence-corrected chi connectivity index (χ3v) is 5.54. The number of esters is 1. The highest BCUT2D eigenvalue weighted by molar-refractivity contribution is 7.85.